The zero-order valence-electron chi connectivity index (χ0n) is 8.31. The number of halogens is 1. The second-order valence-electron chi connectivity index (χ2n) is 3.72. The van der Waals surface area contributed by atoms with Gasteiger partial charge in [-0.25, -0.2) is 0 Å². The smallest absolute Gasteiger partial charge is 0.0447 e. The Hall–Kier alpha value is -0.570. The predicted octanol–water partition coefficient (Wildman–Crippen LogP) is 1.88. The lowest BCUT2D eigenvalue weighted by molar-refractivity contribution is 0.430. The lowest BCUT2D eigenvalue weighted by atomic mass is 10.0. The Bertz CT molecular complexity index is 319. The zero-order chi connectivity index (χ0) is 9.97. The van der Waals surface area contributed by atoms with Gasteiger partial charge < -0.3 is 10.6 Å². The maximum atomic E-state index is 5.98. The SMILES string of the molecule is Cc1cc(C2CNCCN2)ccc1Cl. The van der Waals surface area contributed by atoms with Gasteiger partial charge in [0.25, 0.3) is 0 Å². The molecule has 1 heterocycles. The Morgan fingerprint density at radius 1 is 1.36 bits per heavy atom. The van der Waals surface area contributed by atoms with Crippen LogP contribution in [0, 0.1) is 6.92 Å². The molecule has 1 aliphatic rings. The summed E-state index contributed by atoms with van der Waals surface area (Å²) in [7, 11) is 0. The topological polar surface area (TPSA) is 24.1 Å². The molecule has 0 saturated carbocycles. The van der Waals surface area contributed by atoms with Crippen LogP contribution in [0.4, 0.5) is 0 Å². The highest BCUT2D eigenvalue weighted by molar-refractivity contribution is 6.31. The number of nitrogens with one attached hydrogen (secondary N) is 2. The van der Waals surface area contributed by atoms with Crippen molar-refractivity contribution in [2.24, 2.45) is 0 Å². The summed E-state index contributed by atoms with van der Waals surface area (Å²) in [6.45, 7) is 5.14. The Kier molecular flexibility index (Phi) is 3.06. The Balaban J connectivity index is 2.18. The average molecular weight is 211 g/mol. The van der Waals surface area contributed by atoms with E-state index in [9.17, 15) is 0 Å². The van der Waals surface area contributed by atoms with E-state index >= 15 is 0 Å². The Morgan fingerprint density at radius 3 is 2.86 bits per heavy atom. The van der Waals surface area contributed by atoms with Gasteiger partial charge in [-0.05, 0) is 24.1 Å². The second kappa shape index (κ2) is 4.30. The quantitative estimate of drug-likeness (QED) is 0.740. The summed E-state index contributed by atoms with van der Waals surface area (Å²) in [4.78, 5) is 0. The van der Waals surface area contributed by atoms with Crippen molar-refractivity contribution in [2.45, 2.75) is 13.0 Å². The van der Waals surface area contributed by atoms with Crippen LogP contribution in [0.3, 0.4) is 0 Å². The molecule has 14 heavy (non-hydrogen) atoms. The molecule has 0 spiro atoms. The van der Waals surface area contributed by atoms with Gasteiger partial charge in [-0.3, -0.25) is 0 Å². The summed E-state index contributed by atoms with van der Waals surface area (Å²) in [5.41, 5.74) is 2.47. The van der Waals surface area contributed by atoms with Gasteiger partial charge in [-0.1, -0.05) is 23.7 Å². The number of piperazine rings is 1. The van der Waals surface area contributed by atoms with Gasteiger partial charge in [0.15, 0.2) is 0 Å². The van der Waals surface area contributed by atoms with Gasteiger partial charge in [-0.2, -0.15) is 0 Å². The lowest BCUT2D eigenvalue weighted by Crippen LogP contribution is -2.42. The maximum absolute atomic E-state index is 5.98. The van der Waals surface area contributed by atoms with Crippen molar-refractivity contribution >= 4 is 11.6 Å². The van der Waals surface area contributed by atoms with Crippen molar-refractivity contribution < 1.29 is 0 Å². The molecular weight excluding hydrogens is 196 g/mol. The summed E-state index contributed by atoms with van der Waals surface area (Å²) in [5.74, 6) is 0. The zero-order valence-corrected chi connectivity index (χ0v) is 9.06. The van der Waals surface area contributed by atoms with Crippen LogP contribution in [-0.4, -0.2) is 19.6 Å². The van der Waals surface area contributed by atoms with Crippen molar-refractivity contribution in [1.82, 2.24) is 10.6 Å². The molecule has 1 saturated heterocycles. The standard InChI is InChI=1S/C11H15ClN2/c1-8-6-9(2-3-10(8)12)11-7-13-4-5-14-11/h2-3,6,11,13-14H,4-5,7H2,1H3. The van der Waals surface area contributed by atoms with E-state index in [0.717, 1.165) is 30.2 Å². The minimum Gasteiger partial charge on any atom is -0.314 e. The van der Waals surface area contributed by atoms with E-state index in [2.05, 4.69) is 22.8 Å². The summed E-state index contributed by atoms with van der Waals surface area (Å²) in [6, 6.07) is 6.66. The first-order chi connectivity index (χ1) is 6.77. The molecule has 0 bridgehead atoms. The largest absolute Gasteiger partial charge is 0.314 e. The van der Waals surface area contributed by atoms with Crippen molar-refractivity contribution in [3.8, 4) is 0 Å². The fraction of sp³-hybridized carbons (Fsp3) is 0.455. The van der Waals surface area contributed by atoms with E-state index < -0.39 is 0 Å². The van der Waals surface area contributed by atoms with Crippen LogP contribution in [0.1, 0.15) is 17.2 Å². The highest BCUT2D eigenvalue weighted by Gasteiger charge is 2.14. The molecule has 2 rings (SSSR count). The minimum absolute atomic E-state index is 0.430. The molecule has 1 atom stereocenters. The van der Waals surface area contributed by atoms with Gasteiger partial charge in [0.05, 0.1) is 0 Å². The van der Waals surface area contributed by atoms with Gasteiger partial charge in [0.1, 0.15) is 0 Å². The van der Waals surface area contributed by atoms with Crippen molar-refractivity contribution in [3.05, 3.63) is 34.3 Å². The van der Waals surface area contributed by atoms with Gasteiger partial charge >= 0.3 is 0 Å². The van der Waals surface area contributed by atoms with Crippen LogP contribution in [0.2, 0.25) is 5.02 Å². The minimum atomic E-state index is 0.430. The highest BCUT2D eigenvalue weighted by Crippen LogP contribution is 2.21. The van der Waals surface area contributed by atoms with Crippen molar-refractivity contribution in [2.75, 3.05) is 19.6 Å². The van der Waals surface area contributed by atoms with E-state index in [-0.39, 0.29) is 0 Å². The van der Waals surface area contributed by atoms with Crippen LogP contribution >= 0.6 is 11.6 Å². The molecule has 1 aliphatic heterocycles. The molecule has 0 radical (unpaired) electrons. The van der Waals surface area contributed by atoms with E-state index in [4.69, 9.17) is 11.6 Å². The van der Waals surface area contributed by atoms with Crippen LogP contribution in [0.15, 0.2) is 18.2 Å². The summed E-state index contributed by atoms with van der Waals surface area (Å²) in [5, 5.41) is 7.69. The molecule has 1 unspecified atom stereocenters. The summed E-state index contributed by atoms with van der Waals surface area (Å²) >= 11 is 5.98. The van der Waals surface area contributed by atoms with Crippen LogP contribution in [-0.2, 0) is 0 Å². The van der Waals surface area contributed by atoms with Crippen LogP contribution in [0.25, 0.3) is 0 Å². The molecule has 1 fully saturated rings. The fourth-order valence-electron chi connectivity index (χ4n) is 1.77. The van der Waals surface area contributed by atoms with E-state index in [0.29, 0.717) is 6.04 Å². The lowest BCUT2D eigenvalue weighted by Gasteiger charge is -2.25. The van der Waals surface area contributed by atoms with Gasteiger partial charge in [-0.15, -0.1) is 0 Å². The maximum Gasteiger partial charge on any atom is 0.0447 e. The monoisotopic (exact) mass is 210 g/mol. The number of hydrogen-bond donors (Lipinski definition) is 2. The molecule has 2 nitrogen and oxygen atoms in total. The first-order valence-corrected chi connectivity index (χ1v) is 5.35. The van der Waals surface area contributed by atoms with E-state index in [1.165, 1.54) is 5.56 Å². The Morgan fingerprint density at radius 2 is 2.21 bits per heavy atom. The number of hydrogen-bond acceptors (Lipinski definition) is 2. The number of benzene rings is 1. The normalized spacial score (nSPS) is 22.3. The molecule has 0 aliphatic carbocycles. The molecule has 2 N–H and O–H groups in total. The van der Waals surface area contributed by atoms with E-state index in [1.54, 1.807) is 0 Å². The first-order valence-electron chi connectivity index (χ1n) is 4.97. The third-order valence-corrected chi connectivity index (χ3v) is 3.05. The van der Waals surface area contributed by atoms with Gasteiger partial charge in [0, 0.05) is 30.7 Å². The molecule has 0 aromatic heterocycles. The third kappa shape index (κ3) is 2.08. The molecule has 76 valence electrons. The molecule has 3 heteroatoms. The average Bonchev–Trinajstić information content (AvgIpc) is 2.23. The van der Waals surface area contributed by atoms with Gasteiger partial charge in [0.2, 0.25) is 0 Å². The number of aryl methyl sites for hydroxylation is 1. The predicted molar refractivity (Wildman–Crippen MR) is 59.8 cm³/mol. The molecule has 1 aromatic carbocycles. The fourth-order valence-corrected chi connectivity index (χ4v) is 1.89. The molecule has 1 aromatic rings. The van der Waals surface area contributed by atoms with Crippen molar-refractivity contribution in [1.29, 1.82) is 0 Å². The Labute approximate surface area is 89.7 Å². The summed E-state index contributed by atoms with van der Waals surface area (Å²) < 4.78 is 0. The first kappa shape index (κ1) is 9.97. The molecule has 0 amide bonds. The van der Waals surface area contributed by atoms with Crippen LogP contribution in [0.5, 0.6) is 0 Å². The summed E-state index contributed by atoms with van der Waals surface area (Å²) in [6.07, 6.45) is 0. The number of rotatable bonds is 1. The van der Waals surface area contributed by atoms with E-state index in [1.807, 2.05) is 13.0 Å². The van der Waals surface area contributed by atoms with Crippen molar-refractivity contribution in [3.63, 3.8) is 0 Å². The molecular formula is C11H15ClN2. The highest BCUT2D eigenvalue weighted by atomic mass is 35.5. The second-order valence-corrected chi connectivity index (χ2v) is 4.13. The van der Waals surface area contributed by atoms with Crippen LogP contribution < -0.4 is 10.6 Å². The third-order valence-electron chi connectivity index (χ3n) is 2.63.